The summed E-state index contributed by atoms with van der Waals surface area (Å²) >= 11 is 6.98. The quantitative estimate of drug-likeness (QED) is 0.399. The summed E-state index contributed by atoms with van der Waals surface area (Å²) in [5, 5.41) is 0. The first-order valence-electron chi connectivity index (χ1n) is 11.6. The van der Waals surface area contributed by atoms with Crippen molar-refractivity contribution in [2.24, 2.45) is 0 Å². The van der Waals surface area contributed by atoms with Gasteiger partial charge in [0, 0.05) is 35.1 Å². The molecule has 0 spiro atoms. The molecule has 0 atom stereocenters. The lowest BCUT2D eigenvalue weighted by Gasteiger charge is -2.34. The van der Waals surface area contributed by atoms with E-state index < -0.39 is 0 Å². The second-order valence-electron chi connectivity index (χ2n) is 9.01. The van der Waals surface area contributed by atoms with Crippen LogP contribution in [-0.2, 0) is 9.59 Å². The number of halogens is 2. The molecule has 0 bridgehead atoms. The van der Waals surface area contributed by atoms with Crippen molar-refractivity contribution in [3.63, 3.8) is 0 Å². The molecule has 2 aromatic rings. The van der Waals surface area contributed by atoms with Gasteiger partial charge < -0.3 is 19.3 Å². The average Bonchev–Trinajstić information content (AvgIpc) is 2.81. The third-order valence-electron chi connectivity index (χ3n) is 5.88. The number of ether oxygens (including phenoxy) is 2. The van der Waals surface area contributed by atoms with Crippen LogP contribution in [0.5, 0.6) is 11.5 Å². The molecule has 0 radical (unpaired) electrons. The van der Waals surface area contributed by atoms with Crippen LogP contribution in [0.3, 0.4) is 0 Å². The molecule has 0 aliphatic carbocycles. The standard InChI is InChI=1S/C26H32Br2N2O4/c1-17(2)21-13-19(27)5-7-23(21)33-15-25(31)29-9-11-30(12-10-29)26(32)16-34-24-8-6-20(28)14-22(24)18(3)4/h5-8,13-14,17-18H,9-12,15-16H2,1-4H3. The van der Waals surface area contributed by atoms with E-state index in [4.69, 9.17) is 9.47 Å². The number of hydrogen-bond acceptors (Lipinski definition) is 4. The van der Waals surface area contributed by atoms with Crippen LogP contribution in [0.25, 0.3) is 0 Å². The minimum absolute atomic E-state index is 0.0139. The first kappa shape index (κ1) is 26.5. The number of benzene rings is 2. The van der Waals surface area contributed by atoms with Crippen molar-refractivity contribution in [1.29, 1.82) is 0 Å². The zero-order valence-electron chi connectivity index (χ0n) is 20.1. The molecule has 0 saturated carbocycles. The smallest absolute Gasteiger partial charge is 0.260 e. The Morgan fingerprint density at radius 2 is 1.09 bits per heavy atom. The zero-order chi connectivity index (χ0) is 24.8. The van der Waals surface area contributed by atoms with E-state index in [2.05, 4.69) is 59.6 Å². The predicted octanol–water partition coefficient (Wildman–Crippen LogP) is 5.59. The van der Waals surface area contributed by atoms with Crippen molar-refractivity contribution in [3.05, 3.63) is 56.5 Å². The van der Waals surface area contributed by atoms with Crippen molar-refractivity contribution in [1.82, 2.24) is 9.80 Å². The molecule has 184 valence electrons. The lowest BCUT2D eigenvalue weighted by Crippen LogP contribution is -2.52. The van der Waals surface area contributed by atoms with E-state index in [1.54, 1.807) is 9.80 Å². The molecule has 1 saturated heterocycles. The highest BCUT2D eigenvalue weighted by Crippen LogP contribution is 2.30. The molecule has 8 heteroatoms. The van der Waals surface area contributed by atoms with Crippen LogP contribution in [-0.4, -0.2) is 61.0 Å². The van der Waals surface area contributed by atoms with Crippen molar-refractivity contribution < 1.29 is 19.1 Å². The minimum atomic E-state index is -0.0718. The second kappa shape index (κ2) is 12.1. The van der Waals surface area contributed by atoms with Gasteiger partial charge in [0.25, 0.3) is 11.8 Å². The SMILES string of the molecule is CC(C)c1cc(Br)ccc1OCC(=O)N1CCN(C(=O)COc2ccc(Br)cc2C(C)C)CC1. The maximum absolute atomic E-state index is 12.7. The lowest BCUT2D eigenvalue weighted by molar-refractivity contribution is -0.141. The first-order valence-corrected chi connectivity index (χ1v) is 13.1. The Morgan fingerprint density at radius 3 is 1.41 bits per heavy atom. The summed E-state index contributed by atoms with van der Waals surface area (Å²) in [7, 11) is 0. The van der Waals surface area contributed by atoms with Gasteiger partial charge >= 0.3 is 0 Å². The number of carbonyl (C=O) groups excluding carboxylic acids is 2. The third-order valence-corrected chi connectivity index (χ3v) is 6.86. The Kier molecular flexibility index (Phi) is 9.42. The molecule has 34 heavy (non-hydrogen) atoms. The number of rotatable bonds is 8. The van der Waals surface area contributed by atoms with E-state index in [-0.39, 0.29) is 36.9 Å². The summed E-state index contributed by atoms with van der Waals surface area (Å²) in [5.41, 5.74) is 2.12. The van der Waals surface area contributed by atoms with Crippen molar-refractivity contribution in [2.45, 2.75) is 39.5 Å². The Bertz CT molecular complexity index is 936. The van der Waals surface area contributed by atoms with Gasteiger partial charge in [0.05, 0.1) is 0 Å². The van der Waals surface area contributed by atoms with Crippen molar-refractivity contribution in [3.8, 4) is 11.5 Å². The van der Waals surface area contributed by atoms with E-state index >= 15 is 0 Å². The van der Waals surface area contributed by atoms with Gasteiger partial charge in [0.2, 0.25) is 0 Å². The highest BCUT2D eigenvalue weighted by atomic mass is 79.9. The molecule has 3 rings (SSSR count). The first-order chi connectivity index (χ1) is 16.2. The molecule has 6 nitrogen and oxygen atoms in total. The predicted molar refractivity (Wildman–Crippen MR) is 141 cm³/mol. The summed E-state index contributed by atoms with van der Waals surface area (Å²) in [4.78, 5) is 28.9. The van der Waals surface area contributed by atoms with Crippen LogP contribution in [0.1, 0.15) is 50.7 Å². The number of hydrogen-bond donors (Lipinski definition) is 0. The molecule has 2 aromatic carbocycles. The van der Waals surface area contributed by atoms with Crippen LogP contribution < -0.4 is 9.47 Å². The molecule has 2 amide bonds. The molecular weight excluding hydrogens is 564 g/mol. The van der Waals surface area contributed by atoms with E-state index in [0.29, 0.717) is 26.2 Å². The Balaban J connectivity index is 1.48. The van der Waals surface area contributed by atoms with Crippen LogP contribution in [0.15, 0.2) is 45.3 Å². The van der Waals surface area contributed by atoms with Gasteiger partial charge in [0.1, 0.15) is 11.5 Å². The van der Waals surface area contributed by atoms with Crippen LogP contribution in [0, 0.1) is 0 Å². The fourth-order valence-corrected chi connectivity index (χ4v) is 4.63. The highest BCUT2D eigenvalue weighted by molar-refractivity contribution is 9.10. The van der Waals surface area contributed by atoms with E-state index in [1.807, 2.05) is 36.4 Å². The van der Waals surface area contributed by atoms with Crippen LogP contribution in [0.2, 0.25) is 0 Å². The number of piperazine rings is 1. The van der Waals surface area contributed by atoms with Gasteiger partial charge in [-0.25, -0.2) is 0 Å². The van der Waals surface area contributed by atoms with Crippen molar-refractivity contribution >= 4 is 43.7 Å². The summed E-state index contributed by atoms with van der Waals surface area (Å²) in [5.74, 6) is 1.88. The normalized spacial score (nSPS) is 14.0. The lowest BCUT2D eigenvalue weighted by atomic mass is 10.0. The largest absolute Gasteiger partial charge is 0.483 e. The highest BCUT2D eigenvalue weighted by Gasteiger charge is 2.25. The number of carbonyl (C=O) groups is 2. The van der Waals surface area contributed by atoms with Gasteiger partial charge in [-0.3, -0.25) is 9.59 Å². The van der Waals surface area contributed by atoms with Crippen LogP contribution in [0.4, 0.5) is 0 Å². The molecule has 1 heterocycles. The zero-order valence-corrected chi connectivity index (χ0v) is 23.3. The average molecular weight is 596 g/mol. The monoisotopic (exact) mass is 594 g/mol. The molecule has 0 unspecified atom stereocenters. The Hall–Kier alpha value is -2.06. The summed E-state index contributed by atoms with van der Waals surface area (Å²) in [6.07, 6.45) is 0. The maximum Gasteiger partial charge on any atom is 0.260 e. The minimum Gasteiger partial charge on any atom is -0.483 e. The second-order valence-corrected chi connectivity index (χ2v) is 10.8. The van der Waals surface area contributed by atoms with Gasteiger partial charge in [-0.15, -0.1) is 0 Å². The summed E-state index contributed by atoms with van der Waals surface area (Å²) < 4.78 is 13.7. The summed E-state index contributed by atoms with van der Waals surface area (Å²) in [6.45, 7) is 10.3. The molecule has 1 fully saturated rings. The van der Waals surface area contributed by atoms with Crippen molar-refractivity contribution in [2.75, 3.05) is 39.4 Å². The Labute approximate surface area is 218 Å². The topological polar surface area (TPSA) is 59.1 Å². The molecular formula is C26H32Br2N2O4. The fraction of sp³-hybridized carbons (Fsp3) is 0.462. The van der Waals surface area contributed by atoms with E-state index in [0.717, 1.165) is 31.6 Å². The van der Waals surface area contributed by atoms with Gasteiger partial charge in [-0.1, -0.05) is 59.6 Å². The van der Waals surface area contributed by atoms with Crippen LogP contribution >= 0.6 is 31.9 Å². The number of amides is 2. The maximum atomic E-state index is 12.7. The van der Waals surface area contributed by atoms with Gasteiger partial charge in [-0.05, 0) is 59.4 Å². The summed E-state index contributed by atoms with van der Waals surface area (Å²) in [6, 6.07) is 11.6. The fourth-order valence-electron chi connectivity index (χ4n) is 3.87. The number of nitrogens with zero attached hydrogens (tertiary/aromatic N) is 2. The molecule has 1 aliphatic heterocycles. The Morgan fingerprint density at radius 1 is 0.735 bits per heavy atom. The van der Waals surface area contributed by atoms with E-state index in [9.17, 15) is 9.59 Å². The van der Waals surface area contributed by atoms with E-state index in [1.165, 1.54) is 0 Å². The third kappa shape index (κ3) is 6.98. The molecule has 1 aliphatic rings. The van der Waals surface area contributed by atoms with Gasteiger partial charge in [0.15, 0.2) is 13.2 Å². The molecule has 0 aromatic heterocycles. The molecule has 0 N–H and O–H groups in total. The van der Waals surface area contributed by atoms with Gasteiger partial charge in [-0.2, -0.15) is 0 Å².